The van der Waals surface area contributed by atoms with Gasteiger partial charge in [0.1, 0.15) is 0 Å². The molecular weight excluding hydrogens is 159 g/mol. The maximum Gasteiger partial charge on any atom is 0.314 e. The fourth-order valence-electron chi connectivity index (χ4n) is 0.434. The Morgan fingerprint density at radius 2 is 1.91 bits per heavy atom. The molecule has 0 spiro atoms. The van der Waals surface area contributed by atoms with Crippen molar-refractivity contribution in [3.05, 3.63) is 0 Å². The van der Waals surface area contributed by atoms with Crippen LogP contribution in [-0.2, 0) is 9.32 Å². The second-order valence-electron chi connectivity index (χ2n) is 3.43. The van der Waals surface area contributed by atoms with Gasteiger partial charge >= 0.3 is 5.97 Å². The lowest BCUT2D eigenvalue weighted by atomic mass is 9.91. The van der Waals surface area contributed by atoms with Crippen LogP contribution in [0.3, 0.4) is 0 Å². The van der Waals surface area contributed by atoms with Gasteiger partial charge in [0.05, 0.1) is 13.6 Å². The minimum atomic E-state index is -0.559. The van der Waals surface area contributed by atoms with Gasteiger partial charge in [0.2, 0.25) is 0 Å². The summed E-state index contributed by atoms with van der Waals surface area (Å²) < 4.78 is 5.13. The highest BCUT2D eigenvalue weighted by Crippen LogP contribution is 2.32. The van der Waals surface area contributed by atoms with Crippen LogP contribution in [0.4, 0.5) is 0 Å². The summed E-state index contributed by atoms with van der Waals surface area (Å²) in [6, 6.07) is 0. The van der Waals surface area contributed by atoms with Crippen molar-refractivity contribution >= 4 is 14.1 Å². The van der Waals surface area contributed by atoms with E-state index < -0.39 is 8.15 Å². The fraction of sp³-hybridized carbons (Fsp3) is 0.875. The van der Waals surface area contributed by atoms with Crippen molar-refractivity contribution in [1.29, 1.82) is 0 Å². The topological polar surface area (TPSA) is 26.3 Å². The van der Waals surface area contributed by atoms with Gasteiger partial charge < -0.3 is 4.52 Å². The normalized spacial score (nSPS) is 11.8. The Hall–Kier alpha value is -0.100. The van der Waals surface area contributed by atoms with Crippen molar-refractivity contribution in [2.75, 3.05) is 13.3 Å². The van der Waals surface area contributed by atoms with Gasteiger partial charge in [0.25, 0.3) is 0 Å². The van der Waals surface area contributed by atoms with E-state index in [9.17, 15) is 4.79 Å². The monoisotopic (exact) mass is 176 g/mol. The summed E-state index contributed by atoms with van der Waals surface area (Å²) in [6.07, 6.45) is 0.828. The first-order valence-corrected chi connectivity index (χ1v) is 5.95. The molecule has 11 heavy (non-hydrogen) atoms. The molecule has 0 aliphatic carbocycles. The SMILES string of the molecule is CCC(C)(C)C(=O)OP(C)C. The quantitative estimate of drug-likeness (QED) is 0.618. The van der Waals surface area contributed by atoms with Crippen LogP contribution in [0, 0.1) is 5.41 Å². The van der Waals surface area contributed by atoms with Crippen molar-refractivity contribution < 1.29 is 9.32 Å². The average molecular weight is 176 g/mol. The van der Waals surface area contributed by atoms with Gasteiger partial charge in [-0.1, -0.05) is 6.92 Å². The first-order valence-electron chi connectivity index (χ1n) is 3.80. The summed E-state index contributed by atoms with van der Waals surface area (Å²) in [6.45, 7) is 9.68. The first-order chi connectivity index (χ1) is 4.90. The maximum atomic E-state index is 11.3. The van der Waals surface area contributed by atoms with Crippen molar-refractivity contribution in [3.63, 3.8) is 0 Å². The molecule has 2 nitrogen and oxygen atoms in total. The zero-order chi connectivity index (χ0) is 9.07. The third-order valence-corrected chi connectivity index (χ3v) is 2.23. The van der Waals surface area contributed by atoms with Gasteiger partial charge in [0.15, 0.2) is 0 Å². The zero-order valence-corrected chi connectivity index (χ0v) is 8.87. The Balaban J connectivity index is 4.02. The van der Waals surface area contributed by atoms with Gasteiger partial charge in [-0.15, -0.1) is 0 Å². The summed E-state index contributed by atoms with van der Waals surface area (Å²) in [5, 5.41) is 0. The number of hydrogen-bond acceptors (Lipinski definition) is 2. The molecule has 0 radical (unpaired) electrons. The molecule has 0 aromatic carbocycles. The minimum Gasteiger partial charge on any atom is -0.445 e. The lowest BCUT2D eigenvalue weighted by Crippen LogP contribution is -2.24. The second-order valence-corrected chi connectivity index (χ2v) is 5.24. The van der Waals surface area contributed by atoms with Gasteiger partial charge in [0, 0.05) is 0 Å². The molecule has 0 saturated heterocycles. The predicted octanol–water partition coefficient (Wildman–Crippen LogP) is 2.62. The molecule has 0 unspecified atom stereocenters. The van der Waals surface area contributed by atoms with E-state index in [0.29, 0.717) is 0 Å². The highest BCUT2D eigenvalue weighted by atomic mass is 31.1. The molecule has 0 aliphatic rings. The number of carbonyl (C=O) groups is 1. The molecule has 0 saturated carbocycles. The number of hydrogen-bond donors (Lipinski definition) is 0. The van der Waals surface area contributed by atoms with Gasteiger partial charge in [-0.3, -0.25) is 4.79 Å². The predicted molar refractivity (Wildman–Crippen MR) is 48.9 cm³/mol. The molecule has 0 N–H and O–H groups in total. The largest absolute Gasteiger partial charge is 0.445 e. The van der Waals surface area contributed by atoms with E-state index in [-0.39, 0.29) is 11.4 Å². The smallest absolute Gasteiger partial charge is 0.314 e. The summed E-state index contributed by atoms with van der Waals surface area (Å²) in [7, 11) is -0.559. The molecular formula is C8H17O2P. The highest BCUT2D eigenvalue weighted by molar-refractivity contribution is 7.51. The van der Waals surface area contributed by atoms with Crippen molar-refractivity contribution in [3.8, 4) is 0 Å². The highest BCUT2D eigenvalue weighted by Gasteiger charge is 2.27. The van der Waals surface area contributed by atoms with Crippen molar-refractivity contribution in [1.82, 2.24) is 0 Å². The standard InChI is InChI=1S/C8H17O2P/c1-6-8(2,3)7(9)10-11(4)5/h6H2,1-5H3. The molecule has 0 bridgehead atoms. The van der Waals surface area contributed by atoms with E-state index >= 15 is 0 Å². The number of rotatable bonds is 3. The molecule has 66 valence electrons. The van der Waals surface area contributed by atoms with E-state index in [1.54, 1.807) is 0 Å². The van der Waals surface area contributed by atoms with Crippen molar-refractivity contribution in [2.45, 2.75) is 27.2 Å². The summed E-state index contributed by atoms with van der Waals surface area (Å²) in [4.78, 5) is 11.3. The van der Waals surface area contributed by atoms with Crippen molar-refractivity contribution in [2.24, 2.45) is 5.41 Å². The molecule has 3 heteroatoms. The summed E-state index contributed by atoms with van der Waals surface area (Å²) in [5.74, 6) is -0.0730. The van der Waals surface area contributed by atoms with E-state index in [1.807, 2.05) is 34.1 Å². The number of carbonyl (C=O) groups excluding carboxylic acids is 1. The molecule has 0 rings (SSSR count). The summed E-state index contributed by atoms with van der Waals surface area (Å²) >= 11 is 0. The Labute approximate surface area is 70.2 Å². The van der Waals surface area contributed by atoms with Crippen LogP contribution >= 0.6 is 8.15 Å². The van der Waals surface area contributed by atoms with Gasteiger partial charge in [-0.05, 0) is 33.6 Å². The summed E-state index contributed by atoms with van der Waals surface area (Å²) in [5.41, 5.74) is -0.313. The van der Waals surface area contributed by atoms with Crippen LogP contribution in [0.15, 0.2) is 0 Å². The van der Waals surface area contributed by atoms with Crippen LogP contribution in [-0.4, -0.2) is 19.3 Å². The van der Waals surface area contributed by atoms with E-state index in [4.69, 9.17) is 4.52 Å². The third-order valence-electron chi connectivity index (χ3n) is 1.70. The van der Waals surface area contributed by atoms with Crippen LogP contribution in [0.1, 0.15) is 27.2 Å². The lowest BCUT2D eigenvalue weighted by Gasteiger charge is -2.21. The molecule has 0 heterocycles. The van der Waals surface area contributed by atoms with Crippen LogP contribution in [0.25, 0.3) is 0 Å². The Morgan fingerprint density at radius 1 is 1.45 bits per heavy atom. The van der Waals surface area contributed by atoms with Gasteiger partial charge in [-0.2, -0.15) is 0 Å². The van der Waals surface area contributed by atoms with Crippen LogP contribution in [0.2, 0.25) is 0 Å². The molecule has 0 amide bonds. The van der Waals surface area contributed by atoms with E-state index in [2.05, 4.69) is 0 Å². The second kappa shape index (κ2) is 4.06. The average Bonchev–Trinajstić information content (AvgIpc) is 1.86. The van der Waals surface area contributed by atoms with E-state index in [0.717, 1.165) is 6.42 Å². The Kier molecular flexibility index (Phi) is 4.02. The Morgan fingerprint density at radius 3 is 2.18 bits per heavy atom. The van der Waals surface area contributed by atoms with Gasteiger partial charge in [-0.25, -0.2) is 0 Å². The first kappa shape index (κ1) is 10.9. The third kappa shape index (κ3) is 3.71. The van der Waals surface area contributed by atoms with Crippen LogP contribution < -0.4 is 0 Å². The molecule has 0 aromatic heterocycles. The van der Waals surface area contributed by atoms with Crippen LogP contribution in [0.5, 0.6) is 0 Å². The molecule has 0 atom stereocenters. The maximum absolute atomic E-state index is 11.3. The minimum absolute atomic E-state index is 0.0730. The molecule has 0 aliphatic heterocycles. The molecule has 0 fully saturated rings. The fourth-order valence-corrected chi connectivity index (χ4v) is 1.01. The molecule has 0 aromatic rings. The lowest BCUT2D eigenvalue weighted by molar-refractivity contribution is -0.143. The zero-order valence-electron chi connectivity index (χ0n) is 7.97. The van der Waals surface area contributed by atoms with E-state index in [1.165, 1.54) is 0 Å². The Bertz CT molecular complexity index is 141.